The van der Waals surface area contributed by atoms with Gasteiger partial charge in [-0.1, -0.05) is 6.42 Å². The van der Waals surface area contributed by atoms with Crippen LogP contribution in [0.4, 0.5) is 5.69 Å². The van der Waals surface area contributed by atoms with Gasteiger partial charge in [-0.3, -0.25) is 4.79 Å². The monoisotopic (exact) mass is 321 g/mol. The van der Waals surface area contributed by atoms with Crippen LogP contribution in [0, 0.1) is 0 Å². The lowest BCUT2D eigenvalue weighted by Gasteiger charge is -2.02. The van der Waals surface area contributed by atoms with Gasteiger partial charge in [-0.15, -0.1) is 22.7 Å². The number of anilines is 1. The molecule has 0 fully saturated rings. The normalized spacial score (nSPS) is 14.3. The van der Waals surface area contributed by atoms with Gasteiger partial charge in [0.25, 0.3) is 5.91 Å². The lowest BCUT2D eigenvalue weighted by atomic mass is 10.1. The highest BCUT2D eigenvalue weighted by Crippen LogP contribution is 2.30. The van der Waals surface area contributed by atoms with Gasteiger partial charge in [0.2, 0.25) is 0 Å². The third kappa shape index (κ3) is 3.01. The molecule has 2 aromatic heterocycles. The molecule has 0 aliphatic heterocycles. The van der Waals surface area contributed by atoms with Gasteiger partial charge < -0.3 is 10.4 Å². The number of thiophene rings is 2. The molecule has 1 aliphatic rings. The van der Waals surface area contributed by atoms with Crippen LogP contribution in [0.5, 0.6) is 0 Å². The van der Waals surface area contributed by atoms with Crippen molar-refractivity contribution in [2.24, 2.45) is 0 Å². The van der Waals surface area contributed by atoms with Crippen LogP contribution >= 0.6 is 22.7 Å². The molecule has 0 radical (unpaired) electrons. The second-order valence-electron chi connectivity index (χ2n) is 5.04. The maximum atomic E-state index is 12.3. The van der Waals surface area contributed by atoms with Gasteiger partial charge in [-0.25, -0.2) is 4.79 Å². The summed E-state index contributed by atoms with van der Waals surface area (Å²) < 4.78 is 0. The lowest BCUT2D eigenvalue weighted by Crippen LogP contribution is -2.12. The molecule has 1 aliphatic carbocycles. The van der Waals surface area contributed by atoms with Crippen molar-refractivity contribution in [3.8, 4) is 0 Å². The number of rotatable bonds is 3. The predicted molar refractivity (Wildman–Crippen MR) is 84.8 cm³/mol. The predicted octanol–water partition coefficient (Wildman–Crippen LogP) is 4.03. The zero-order valence-corrected chi connectivity index (χ0v) is 13.0. The first-order chi connectivity index (χ1) is 10.1. The van der Waals surface area contributed by atoms with Gasteiger partial charge in [0, 0.05) is 4.88 Å². The average molecular weight is 321 g/mol. The summed E-state index contributed by atoms with van der Waals surface area (Å²) in [5, 5.41) is 13.4. The Morgan fingerprint density at radius 1 is 1.19 bits per heavy atom. The molecular formula is C15H15NO3S2. The van der Waals surface area contributed by atoms with Crippen molar-refractivity contribution < 1.29 is 14.7 Å². The summed E-state index contributed by atoms with van der Waals surface area (Å²) in [6, 6.07) is 3.60. The number of carbonyl (C=O) groups excluding carboxylic acids is 1. The van der Waals surface area contributed by atoms with Crippen LogP contribution < -0.4 is 5.32 Å². The van der Waals surface area contributed by atoms with Crippen LogP contribution in [-0.2, 0) is 12.8 Å². The number of fused-ring (bicyclic) bond motifs is 1. The molecule has 0 unspecified atom stereocenters. The maximum Gasteiger partial charge on any atom is 0.348 e. The third-order valence-electron chi connectivity index (χ3n) is 3.58. The lowest BCUT2D eigenvalue weighted by molar-refractivity contribution is 0.0703. The molecule has 2 N–H and O–H groups in total. The van der Waals surface area contributed by atoms with Crippen molar-refractivity contribution in [2.45, 2.75) is 32.1 Å². The topological polar surface area (TPSA) is 66.4 Å². The molecule has 6 heteroatoms. The zero-order chi connectivity index (χ0) is 14.8. The maximum absolute atomic E-state index is 12.3. The SMILES string of the molecule is O=C(Nc1ccsc1C(=O)O)c1cc2c(s1)CCCCC2. The average Bonchev–Trinajstić information content (AvgIpc) is 3.01. The van der Waals surface area contributed by atoms with Crippen LogP contribution in [0.25, 0.3) is 0 Å². The van der Waals surface area contributed by atoms with E-state index < -0.39 is 5.97 Å². The van der Waals surface area contributed by atoms with Crippen LogP contribution in [0.2, 0.25) is 0 Å². The summed E-state index contributed by atoms with van der Waals surface area (Å²) in [5.41, 5.74) is 1.66. The van der Waals surface area contributed by atoms with Crippen LogP contribution in [-0.4, -0.2) is 17.0 Å². The summed E-state index contributed by atoms with van der Waals surface area (Å²) in [6.45, 7) is 0. The molecule has 0 atom stereocenters. The van der Waals surface area contributed by atoms with Crippen LogP contribution in [0.15, 0.2) is 17.5 Å². The van der Waals surface area contributed by atoms with Crippen molar-refractivity contribution >= 4 is 40.2 Å². The van der Waals surface area contributed by atoms with Gasteiger partial charge >= 0.3 is 5.97 Å². The van der Waals surface area contributed by atoms with E-state index in [1.165, 1.54) is 41.0 Å². The van der Waals surface area contributed by atoms with Gasteiger partial charge in [-0.05, 0) is 48.8 Å². The van der Waals surface area contributed by atoms with Crippen molar-refractivity contribution in [3.05, 3.63) is 37.7 Å². The van der Waals surface area contributed by atoms with E-state index in [0.717, 1.165) is 24.2 Å². The summed E-state index contributed by atoms with van der Waals surface area (Å²) >= 11 is 2.65. The molecule has 0 saturated heterocycles. The Bertz CT molecular complexity index is 663. The first-order valence-electron chi connectivity index (χ1n) is 6.89. The molecule has 1 amide bonds. The van der Waals surface area contributed by atoms with E-state index >= 15 is 0 Å². The first kappa shape index (κ1) is 14.3. The second kappa shape index (κ2) is 5.99. The van der Waals surface area contributed by atoms with Crippen LogP contribution in [0.1, 0.15) is 49.0 Å². The van der Waals surface area contributed by atoms with Crippen molar-refractivity contribution in [3.63, 3.8) is 0 Å². The number of aromatic carboxylic acids is 1. The minimum atomic E-state index is -1.01. The molecule has 0 saturated carbocycles. The van der Waals surface area contributed by atoms with E-state index in [1.54, 1.807) is 11.4 Å². The van der Waals surface area contributed by atoms with Gasteiger partial charge in [0.1, 0.15) is 4.88 Å². The standard InChI is InChI=1S/C15H15NO3S2/c17-14(16-10-6-7-20-13(10)15(18)19)12-8-9-4-2-1-3-5-11(9)21-12/h6-8H,1-5H2,(H,16,17)(H,18,19). The molecule has 2 heterocycles. The molecule has 4 nitrogen and oxygen atoms in total. The Morgan fingerprint density at radius 2 is 2.00 bits per heavy atom. The minimum Gasteiger partial charge on any atom is -0.477 e. The third-order valence-corrected chi connectivity index (χ3v) is 5.72. The number of hydrogen-bond acceptors (Lipinski definition) is 4. The highest BCUT2D eigenvalue weighted by Gasteiger charge is 2.19. The van der Waals surface area contributed by atoms with E-state index in [-0.39, 0.29) is 10.8 Å². The number of carbonyl (C=O) groups is 2. The minimum absolute atomic E-state index is 0.168. The fourth-order valence-electron chi connectivity index (χ4n) is 2.54. The number of aryl methyl sites for hydroxylation is 2. The summed E-state index contributed by atoms with van der Waals surface area (Å²) in [7, 11) is 0. The Labute approximate surface area is 130 Å². The molecular weight excluding hydrogens is 306 g/mol. The Kier molecular flexibility index (Phi) is 4.07. The quantitative estimate of drug-likeness (QED) is 0.839. The van der Waals surface area contributed by atoms with Gasteiger partial charge in [-0.2, -0.15) is 0 Å². The fourth-order valence-corrected chi connectivity index (χ4v) is 4.37. The zero-order valence-electron chi connectivity index (χ0n) is 11.3. The van der Waals surface area contributed by atoms with Crippen molar-refractivity contribution in [1.82, 2.24) is 0 Å². The summed E-state index contributed by atoms with van der Waals surface area (Å²) in [6.07, 6.45) is 5.70. The van der Waals surface area contributed by atoms with Crippen molar-refractivity contribution in [2.75, 3.05) is 5.32 Å². The highest BCUT2D eigenvalue weighted by atomic mass is 32.1. The van der Waals surface area contributed by atoms with Crippen LogP contribution in [0.3, 0.4) is 0 Å². The first-order valence-corrected chi connectivity index (χ1v) is 8.58. The number of carboxylic acid groups (broad SMARTS) is 1. The molecule has 0 aromatic carbocycles. The number of carboxylic acids is 1. The van der Waals surface area contributed by atoms with E-state index in [1.807, 2.05) is 6.07 Å². The molecule has 110 valence electrons. The molecule has 3 rings (SSSR count). The molecule has 0 spiro atoms. The molecule has 2 aromatic rings. The second-order valence-corrected chi connectivity index (χ2v) is 7.10. The van der Waals surface area contributed by atoms with Gasteiger partial charge in [0.05, 0.1) is 10.6 Å². The van der Waals surface area contributed by atoms with E-state index in [4.69, 9.17) is 5.11 Å². The van der Waals surface area contributed by atoms with Crippen molar-refractivity contribution in [1.29, 1.82) is 0 Å². The Morgan fingerprint density at radius 3 is 2.81 bits per heavy atom. The number of amides is 1. The number of nitrogens with one attached hydrogen (secondary N) is 1. The van der Waals surface area contributed by atoms with Gasteiger partial charge in [0.15, 0.2) is 0 Å². The molecule has 0 bridgehead atoms. The largest absolute Gasteiger partial charge is 0.477 e. The Balaban J connectivity index is 1.79. The van der Waals surface area contributed by atoms with E-state index in [2.05, 4.69) is 5.32 Å². The molecule has 21 heavy (non-hydrogen) atoms. The van der Waals surface area contributed by atoms with E-state index in [0.29, 0.717) is 10.6 Å². The smallest absolute Gasteiger partial charge is 0.348 e. The summed E-state index contributed by atoms with van der Waals surface area (Å²) in [5.74, 6) is -1.23. The summed E-state index contributed by atoms with van der Waals surface area (Å²) in [4.78, 5) is 25.5. The Hall–Kier alpha value is -1.66. The highest BCUT2D eigenvalue weighted by molar-refractivity contribution is 7.14. The van der Waals surface area contributed by atoms with E-state index in [9.17, 15) is 9.59 Å². The fraction of sp³-hybridized carbons (Fsp3) is 0.333. The number of hydrogen-bond donors (Lipinski definition) is 2.